The van der Waals surface area contributed by atoms with Crippen molar-refractivity contribution in [3.63, 3.8) is 0 Å². The number of rotatable bonds is 5. The summed E-state index contributed by atoms with van der Waals surface area (Å²) in [7, 11) is 4.31. The van der Waals surface area contributed by atoms with Gasteiger partial charge >= 0.3 is 0 Å². The Morgan fingerprint density at radius 1 is 1.47 bits per heavy atom. The quantitative estimate of drug-likeness (QED) is 0.728. The maximum Gasteiger partial charge on any atom is 0.0188 e. The van der Waals surface area contributed by atoms with E-state index in [9.17, 15) is 0 Å². The molecular weight excluding hydrogens is 204 g/mol. The second-order valence-electron chi connectivity index (χ2n) is 5.48. The molecule has 1 heterocycles. The predicted octanol–water partition coefficient (Wildman–Crippen LogP) is 2.06. The first-order chi connectivity index (χ1) is 7.05. The summed E-state index contributed by atoms with van der Waals surface area (Å²) < 4.78 is 0. The lowest BCUT2D eigenvalue weighted by Gasteiger charge is -2.39. The van der Waals surface area contributed by atoms with E-state index in [-0.39, 0.29) is 0 Å². The SMILES string of the molecule is CNCCCN(C)C1CSCC(C)(C)C1. The molecule has 0 amide bonds. The number of thioether (sulfide) groups is 1. The third-order valence-electron chi connectivity index (χ3n) is 3.15. The number of hydrogen-bond donors (Lipinski definition) is 1. The van der Waals surface area contributed by atoms with Gasteiger partial charge in [0.25, 0.3) is 0 Å². The number of hydrogen-bond acceptors (Lipinski definition) is 3. The second kappa shape index (κ2) is 6.12. The fraction of sp³-hybridized carbons (Fsp3) is 1.00. The van der Waals surface area contributed by atoms with Gasteiger partial charge in [0.2, 0.25) is 0 Å². The van der Waals surface area contributed by atoms with Gasteiger partial charge in [-0.3, -0.25) is 0 Å². The molecule has 0 aromatic heterocycles. The summed E-state index contributed by atoms with van der Waals surface area (Å²) in [6, 6.07) is 0.788. The minimum Gasteiger partial charge on any atom is -0.320 e. The number of nitrogens with zero attached hydrogens (tertiary/aromatic N) is 1. The van der Waals surface area contributed by atoms with Gasteiger partial charge in [0, 0.05) is 11.8 Å². The van der Waals surface area contributed by atoms with Crippen molar-refractivity contribution in [1.29, 1.82) is 0 Å². The van der Waals surface area contributed by atoms with Gasteiger partial charge in [0.15, 0.2) is 0 Å². The van der Waals surface area contributed by atoms with Crippen LogP contribution in [-0.4, -0.2) is 49.6 Å². The summed E-state index contributed by atoms with van der Waals surface area (Å²) in [5.41, 5.74) is 0.533. The third-order valence-corrected chi connectivity index (χ3v) is 4.76. The first kappa shape index (κ1) is 13.3. The molecule has 0 aliphatic carbocycles. The van der Waals surface area contributed by atoms with Crippen LogP contribution in [0.2, 0.25) is 0 Å². The van der Waals surface area contributed by atoms with E-state index < -0.39 is 0 Å². The summed E-state index contributed by atoms with van der Waals surface area (Å²) in [4.78, 5) is 2.55. The van der Waals surface area contributed by atoms with E-state index in [1.54, 1.807) is 0 Å². The van der Waals surface area contributed by atoms with Gasteiger partial charge in [-0.25, -0.2) is 0 Å². The third kappa shape index (κ3) is 4.75. The van der Waals surface area contributed by atoms with Crippen LogP contribution in [0.1, 0.15) is 26.7 Å². The van der Waals surface area contributed by atoms with Gasteiger partial charge in [0.1, 0.15) is 0 Å². The van der Waals surface area contributed by atoms with Gasteiger partial charge in [-0.2, -0.15) is 11.8 Å². The molecule has 0 aromatic carbocycles. The Hall–Kier alpha value is 0.270. The van der Waals surface area contributed by atoms with Crippen molar-refractivity contribution in [3.8, 4) is 0 Å². The van der Waals surface area contributed by atoms with E-state index in [1.807, 2.05) is 7.05 Å². The largest absolute Gasteiger partial charge is 0.320 e. The fourth-order valence-electron chi connectivity index (χ4n) is 2.20. The highest BCUT2D eigenvalue weighted by Gasteiger charge is 2.30. The van der Waals surface area contributed by atoms with Crippen LogP contribution in [0.4, 0.5) is 0 Å². The van der Waals surface area contributed by atoms with Gasteiger partial charge in [-0.05, 0) is 51.2 Å². The van der Waals surface area contributed by atoms with Crippen LogP contribution in [0, 0.1) is 5.41 Å². The lowest BCUT2D eigenvalue weighted by atomic mass is 9.87. The highest BCUT2D eigenvalue weighted by atomic mass is 32.2. The highest BCUT2D eigenvalue weighted by molar-refractivity contribution is 7.99. The molecule has 1 saturated heterocycles. The molecule has 1 fully saturated rings. The first-order valence-corrected chi connectivity index (χ1v) is 7.13. The average molecular weight is 230 g/mol. The zero-order valence-corrected chi connectivity index (χ0v) is 11.5. The minimum atomic E-state index is 0.533. The summed E-state index contributed by atoms with van der Waals surface area (Å²) >= 11 is 2.12. The van der Waals surface area contributed by atoms with E-state index in [0.29, 0.717) is 5.41 Å². The van der Waals surface area contributed by atoms with E-state index in [4.69, 9.17) is 0 Å². The van der Waals surface area contributed by atoms with Gasteiger partial charge < -0.3 is 10.2 Å². The Morgan fingerprint density at radius 3 is 2.80 bits per heavy atom. The van der Waals surface area contributed by atoms with Crippen LogP contribution in [0.25, 0.3) is 0 Å². The summed E-state index contributed by atoms with van der Waals surface area (Å²) in [6.07, 6.45) is 2.62. The molecule has 15 heavy (non-hydrogen) atoms. The molecule has 1 unspecified atom stereocenters. The van der Waals surface area contributed by atoms with Crippen molar-refractivity contribution in [3.05, 3.63) is 0 Å². The lowest BCUT2D eigenvalue weighted by Crippen LogP contribution is -2.42. The summed E-state index contributed by atoms with van der Waals surface area (Å²) in [5.74, 6) is 2.65. The van der Waals surface area contributed by atoms with Gasteiger partial charge in [-0.1, -0.05) is 13.8 Å². The van der Waals surface area contributed by atoms with Crippen molar-refractivity contribution in [2.45, 2.75) is 32.7 Å². The molecule has 90 valence electrons. The van der Waals surface area contributed by atoms with E-state index in [1.165, 1.54) is 30.9 Å². The topological polar surface area (TPSA) is 15.3 Å². The Morgan fingerprint density at radius 2 is 2.20 bits per heavy atom. The Bertz CT molecular complexity index is 182. The van der Waals surface area contributed by atoms with E-state index >= 15 is 0 Å². The van der Waals surface area contributed by atoms with Crippen LogP contribution in [0.5, 0.6) is 0 Å². The first-order valence-electron chi connectivity index (χ1n) is 5.98. The van der Waals surface area contributed by atoms with Gasteiger partial charge in [-0.15, -0.1) is 0 Å². The molecule has 1 aliphatic rings. The Kier molecular flexibility index (Phi) is 5.44. The average Bonchev–Trinajstić information content (AvgIpc) is 2.16. The maximum atomic E-state index is 3.21. The van der Waals surface area contributed by atoms with Crippen LogP contribution in [0.3, 0.4) is 0 Å². The lowest BCUT2D eigenvalue weighted by molar-refractivity contribution is 0.190. The number of nitrogens with one attached hydrogen (secondary N) is 1. The molecule has 0 saturated carbocycles. The maximum absolute atomic E-state index is 3.21. The molecule has 1 aliphatic heterocycles. The summed E-state index contributed by atoms with van der Waals surface area (Å²) in [5, 5.41) is 3.21. The van der Waals surface area contributed by atoms with Crippen LogP contribution in [-0.2, 0) is 0 Å². The van der Waals surface area contributed by atoms with Crippen molar-refractivity contribution in [1.82, 2.24) is 10.2 Å². The van der Waals surface area contributed by atoms with E-state index in [0.717, 1.165) is 12.6 Å². The van der Waals surface area contributed by atoms with Crippen molar-refractivity contribution in [2.75, 3.05) is 38.7 Å². The molecule has 1 rings (SSSR count). The monoisotopic (exact) mass is 230 g/mol. The van der Waals surface area contributed by atoms with Crippen molar-refractivity contribution < 1.29 is 0 Å². The molecule has 1 atom stereocenters. The molecule has 2 nitrogen and oxygen atoms in total. The smallest absolute Gasteiger partial charge is 0.0188 e. The molecule has 0 bridgehead atoms. The van der Waals surface area contributed by atoms with Gasteiger partial charge in [0.05, 0.1) is 0 Å². The van der Waals surface area contributed by atoms with Crippen molar-refractivity contribution >= 4 is 11.8 Å². The van der Waals surface area contributed by atoms with Crippen LogP contribution >= 0.6 is 11.8 Å². The molecule has 0 radical (unpaired) electrons. The molecule has 1 N–H and O–H groups in total. The predicted molar refractivity (Wildman–Crippen MR) is 70.7 cm³/mol. The van der Waals surface area contributed by atoms with E-state index in [2.05, 4.69) is 42.9 Å². The summed E-state index contributed by atoms with van der Waals surface area (Å²) in [6.45, 7) is 7.15. The Labute approximate surface area is 99.2 Å². The minimum absolute atomic E-state index is 0.533. The fourth-order valence-corrected chi connectivity index (χ4v) is 3.63. The van der Waals surface area contributed by atoms with Crippen LogP contribution < -0.4 is 5.32 Å². The molecule has 0 aromatic rings. The Balaban J connectivity index is 2.29. The molecule has 3 heteroatoms. The normalized spacial score (nSPS) is 25.8. The molecule has 0 spiro atoms. The standard InChI is InChI=1S/C12H26N2S/c1-12(2)8-11(9-15-10-12)14(4)7-5-6-13-3/h11,13H,5-10H2,1-4H3. The van der Waals surface area contributed by atoms with Crippen LogP contribution in [0.15, 0.2) is 0 Å². The zero-order valence-electron chi connectivity index (χ0n) is 10.7. The molecular formula is C12H26N2S. The second-order valence-corrected chi connectivity index (χ2v) is 6.51. The van der Waals surface area contributed by atoms with Crippen molar-refractivity contribution in [2.24, 2.45) is 5.41 Å². The highest BCUT2D eigenvalue weighted by Crippen LogP contribution is 2.35. The zero-order chi connectivity index (χ0) is 11.3.